The minimum atomic E-state index is 0.00718. The number of hydrogen-bond acceptors (Lipinski definition) is 3. The summed E-state index contributed by atoms with van der Waals surface area (Å²) in [6, 6.07) is 19.0. The van der Waals surface area contributed by atoms with E-state index in [9.17, 15) is 4.79 Å². The van der Waals surface area contributed by atoms with Gasteiger partial charge in [-0.15, -0.1) is 0 Å². The van der Waals surface area contributed by atoms with Crippen molar-refractivity contribution in [2.75, 3.05) is 13.1 Å². The Labute approximate surface area is 175 Å². The second-order valence-corrected chi connectivity index (χ2v) is 8.58. The molecule has 2 aromatic heterocycles. The molecule has 4 nitrogen and oxygen atoms in total. The predicted molar refractivity (Wildman–Crippen MR) is 120 cm³/mol. The summed E-state index contributed by atoms with van der Waals surface area (Å²) in [7, 11) is 0. The fourth-order valence-corrected chi connectivity index (χ4v) is 5.27. The molecule has 0 atom stereocenters. The summed E-state index contributed by atoms with van der Waals surface area (Å²) in [5.74, 6) is 0.297. The molecule has 1 saturated heterocycles. The maximum atomic E-state index is 12.7. The third kappa shape index (κ3) is 2.64. The first-order chi connectivity index (χ1) is 14.7. The van der Waals surface area contributed by atoms with Crippen LogP contribution < -0.4 is 5.32 Å². The summed E-state index contributed by atoms with van der Waals surface area (Å²) < 4.78 is 0. The molecule has 0 radical (unpaired) electrons. The molecule has 4 aromatic rings. The van der Waals surface area contributed by atoms with E-state index in [2.05, 4.69) is 45.6 Å². The first-order valence-corrected chi connectivity index (χ1v) is 10.6. The molecule has 6 rings (SSSR count). The van der Waals surface area contributed by atoms with Crippen molar-refractivity contribution in [1.82, 2.24) is 15.3 Å². The Kier molecular flexibility index (Phi) is 3.90. The number of pyridine rings is 1. The second-order valence-electron chi connectivity index (χ2n) is 8.58. The zero-order valence-corrected chi connectivity index (χ0v) is 16.7. The molecule has 3 heterocycles. The quantitative estimate of drug-likeness (QED) is 0.498. The number of ketones is 1. The van der Waals surface area contributed by atoms with Gasteiger partial charge in [-0.1, -0.05) is 42.5 Å². The van der Waals surface area contributed by atoms with Crippen molar-refractivity contribution in [3.8, 4) is 22.3 Å². The van der Waals surface area contributed by atoms with Crippen molar-refractivity contribution in [1.29, 1.82) is 0 Å². The molecule has 1 spiro atoms. The standard InChI is InChI=1S/C26H23N3O/c30-24-14-26(8-10-27-11-9-26)23-13-18(6-7-20(23)24)22-16-29-25-21(22)12-19(15-28-25)17-4-2-1-3-5-17/h1-7,12-13,15-16,27H,8-11,14H2,(H,28,29). The fraction of sp³-hybridized carbons (Fsp3) is 0.231. The van der Waals surface area contributed by atoms with Gasteiger partial charge in [0.05, 0.1) is 0 Å². The number of Topliss-reactive ketones (excluding diaryl/α,β-unsaturated/α-hetero) is 1. The number of nitrogens with zero attached hydrogens (tertiary/aromatic N) is 1. The lowest BCUT2D eigenvalue weighted by molar-refractivity contribution is 0.0964. The molecule has 0 bridgehead atoms. The number of hydrogen-bond donors (Lipinski definition) is 2. The number of H-pyrrole nitrogens is 1. The normalized spacial score (nSPS) is 17.5. The van der Waals surface area contributed by atoms with E-state index < -0.39 is 0 Å². The highest BCUT2D eigenvalue weighted by atomic mass is 16.1. The third-order valence-corrected chi connectivity index (χ3v) is 6.90. The van der Waals surface area contributed by atoms with Gasteiger partial charge in [0, 0.05) is 46.3 Å². The average molecular weight is 393 g/mol. The number of nitrogens with one attached hydrogen (secondary N) is 2. The van der Waals surface area contributed by atoms with Crippen LogP contribution >= 0.6 is 0 Å². The smallest absolute Gasteiger partial charge is 0.164 e. The lowest BCUT2D eigenvalue weighted by Crippen LogP contribution is -2.38. The maximum Gasteiger partial charge on any atom is 0.164 e. The lowest BCUT2D eigenvalue weighted by Gasteiger charge is -2.34. The second kappa shape index (κ2) is 6.64. The zero-order chi connectivity index (χ0) is 20.1. The summed E-state index contributed by atoms with van der Waals surface area (Å²) in [4.78, 5) is 20.7. The number of aromatic amines is 1. The number of rotatable bonds is 2. The van der Waals surface area contributed by atoms with E-state index in [-0.39, 0.29) is 5.41 Å². The summed E-state index contributed by atoms with van der Waals surface area (Å²) in [5, 5.41) is 4.56. The van der Waals surface area contributed by atoms with Gasteiger partial charge in [-0.25, -0.2) is 4.98 Å². The minimum Gasteiger partial charge on any atom is -0.346 e. The molecule has 4 heteroatoms. The third-order valence-electron chi connectivity index (χ3n) is 6.90. The number of benzene rings is 2. The van der Waals surface area contributed by atoms with Crippen LogP contribution in [0.2, 0.25) is 0 Å². The van der Waals surface area contributed by atoms with E-state index in [0.717, 1.165) is 64.8 Å². The molecule has 0 amide bonds. The largest absolute Gasteiger partial charge is 0.346 e. The van der Waals surface area contributed by atoms with Gasteiger partial charge in [0.1, 0.15) is 5.65 Å². The molecular weight excluding hydrogens is 370 g/mol. The van der Waals surface area contributed by atoms with E-state index in [1.54, 1.807) is 0 Å². The van der Waals surface area contributed by atoms with Crippen molar-refractivity contribution < 1.29 is 4.79 Å². The van der Waals surface area contributed by atoms with Crippen LogP contribution in [0.15, 0.2) is 67.0 Å². The molecule has 2 aromatic carbocycles. The van der Waals surface area contributed by atoms with Crippen molar-refractivity contribution >= 4 is 16.8 Å². The van der Waals surface area contributed by atoms with Gasteiger partial charge in [0.15, 0.2) is 5.78 Å². The summed E-state index contributed by atoms with van der Waals surface area (Å²) in [6.07, 6.45) is 6.68. The lowest BCUT2D eigenvalue weighted by atomic mass is 9.74. The summed E-state index contributed by atoms with van der Waals surface area (Å²) in [6.45, 7) is 1.96. The monoisotopic (exact) mass is 393 g/mol. The number of carbonyl (C=O) groups is 1. The van der Waals surface area contributed by atoms with Crippen molar-refractivity contribution in [2.24, 2.45) is 0 Å². The summed E-state index contributed by atoms with van der Waals surface area (Å²) >= 11 is 0. The highest BCUT2D eigenvalue weighted by Gasteiger charge is 2.43. The average Bonchev–Trinajstić information content (AvgIpc) is 3.33. The van der Waals surface area contributed by atoms with E-state index in [0.29, 0.717) is 12.2 Å². The Balaban J connectivity index is 1.49. The number of carbonyl (C=O) groups excluding carboxylic acids is 1. The molecule has 1 aliphatic carbocycles. The molecule has 1 aliphatic heterocycles. The van der Waals surface area contributed by atoms with Crippen LogP contribution in [0, 0.1) is 0 Å². The Morgan fingerprint density at radius 3 is 2.53 bits per heavy atom. The molecule has 2 aliphatic rings. The van der Waals surface area contributed by atoms with Gasteiger partial charge < -0.3 is 10.3 Å². The van der Waals surface area contributed by atoms with Crippen LogP contribution in [0.25, 0.3) is 33.3 Å². The van der Waals surface area contributed by atoms with Crippen molar-refractivity contribution in [2.45, 2.75) is 24.7 Å². The topological polar surface area (TPSA) is 57.8 Å². The van der Waals surface area contributed by atoms with Gasteiger partial charge >= 0.3 is 0 Å². The zero-order valence-electron chi connectivity index (χ0n) is 16.7. The minimum absolute atomic E-state index is 0.00718. The highest BCUT2D eigenvalue weighted by Crippen LogP contribution is 2.46. The van der Waals surface area contributed by atoms with Crippen LogP contribution in [-0.2, 0) is 5.41 Å². The molecule has 148 valence electrons. The van der Waals surface area contributed by atoms with Gasteiger partial charge in [-0.2, -0.15) is 0 Å². The van der Waals surface area contributed by atoms with Crippen LogP contribution in [-0.4, -0.2) is 28.8 Å². The summed E-state index contributed by atoms with van der Waals surface area (Å²) in [5.41, 5.74) is 7.62. The number of aromatic nitrogens is 2. The number of piperidine rings is 1. The Hall–Kier alpha value is -3.24. The van der Waals surface area contributed by atoms with E-state index in [1.165, 1.54) is 5.56 Å². The SMILES string of the molecule is O=C1CC2(CCNCC2)c2cc(-c3c[nH]c4ncc(-c5ccccc5)cc34)ccc21. The molecule has 30 heavy (non-hydrogen) atoms. The molecule has 1 fully saturated rings. The van der Waals surface area contributed by atoms with Gasteiger partial charge in [0.2, 0.25) is 0 Å². The Morgan fingerprint density at radius 1 is 0.867 bits per heavy atom. The van der Waals surface area contributed by atoms with Crippen molar-refractivity contribution in [3.05, 3.63) is 78.1 Å². The van der Waals surface area contributed by atoms with Crippen LogP contribution in [0.3, 0.4) is 0 Å². The van der Waals surface area contributed by atoms with Crippen LogP contribution in [0.5, 0.6) is 0 Å². The molecule has 2 N–H and O–H groups in total. The van der Waals surface area contributed by atoms with E-state index in [4.69, 9.17) is 0 Å². The van der Waals surface area contributed by atoms with Crippen LogP contribution in [0.1, 0.15) is 35.2 Å². The molecule has 0 saturated carbocycles. The first-order valence-electron chi connectivity index (χ1n) is 10.6. The van der Waals surface area contributed by atoms with Gasteiger partial charge in [-0.3, -0.25) is 4.79 Å². The van der Waals surface area contributed by atoms with Gasteiger partial charge in [-0.05, 0) is 54.8 Å². The first kappa shape index (κ1) is 17.6. The highest BCUT2D eigenvalue weighted by molar-refractivity contribution is 6.04. The van der Waals surface area contributed by atoms with E-state index >= 15 is 0 Å². The fourth-order valence-electron chi connectivity index (χ4n) is 5.27. The molecule has 0 unspecified atom stereocenters. The van der Waals surface area contributed by atoms with Gasteiger partial charge in [0.25, 0.3) is 0 Å². The van der Waals surface area contributed by atoms with E-state index in [1.807, 2.05) is 36.7 Å². The van der Waals surface area contributed by atoms with Crippen molar-refractivity contribution in [3.63, 3.8) is 0 Å². The Morgan fingerprint density at radius 2 is 1.70 bits per heavy atom. The van der Waals surface area contributed by atoms with Crippen LogP contribution in [0.4, 0.5) is 0 Å². The maximum absolute atomic E-state index is 12.7. The molecular formula is C26H23N3O. The number of fused-ring (bicyclic) bond motifs is 3. The Bertz CT molecular complexity index is 1270. The predicted octanol–water partition coefficient (Wildman–Crippen LogP) is 5.10.